The van der Waals surface area contributed by atoms with Gasteiger partial charge in [-0.1, -0.05) is 121 Å². The van der Waals surface area contributed by atoms with Crippen molar-refractivity contribution in [3.63, 3.8) is 0 Å². The van der Waals surface area contributed by atoms with Gasteiger partial charge in [-0.05, 0) is 76.1 Å². The molecule has 4 nitrogen and oxygen atoms in total. The maximum Gasteiger partial charge on any atom is 0.161 e. The molecule has 0 unspecified atom stereocenters. The van der Waals surface area contributed by atoms with E-state index in [9.17, 15) is 0 Å². The number of furan rings is 1. The molecule has 13 aromatic rings. The second-order valence-electron chi connectivity index (χ2n) is 14.9. The van der Waals surface area contributed by atoms with Crippen molar-refractivity contribution in [1.82, 2.24) is 14.5 Å². The Morgan fingerprint density at radius 1 is 0.456 bits per heavy atom. The fraction of sp³-hybridized carbons (Fsp3) is 0. The Morgan fingerprint density at radius 3 is 1.86 bits per heavy atom. The van der Waals surface area contributed by atoms with Gasteiger partial charge in [-0.2, -0.15) is 0 Å². The van der Waals surface area contributed by atoms with Crippen molar-refractivity contribution in [1.29, 1.82) is 0 Å². The second kappa shape index (κ2) is 11.6. The highest BCUT2D eigenvalue weighted by molar-refractivity contribution is 7.26. The highest BCUT2D eigenvalue weighted by Gasteiger charge is 2.22. The lowest BCUT2D eigenvalue weighted by molar-refractivity contribution is 0.669. The van der Waals surface area contributed by atoms with E-state index in [-0.39, 0.29) is 0 Å². The van der Waals surface area contributed by atoms with Gasteiger partial charge in [-0.25, -0.2) is 9.97 Å². The molecule has 13 rings (SSSR count). The molecular weight excluding hydrogens is 715 g/mol. The summed E-state index contributed by atoms with van der Waals surface area (Å²) in [6, 6.07) is 63.0. The molecule has 0 atom stereocenters. The Labute approximate surface area is 329 Å². The number of thiophene rings is 1. The van der Waals surface area contributed by atoms with Gasteiger partial charge in [0.1, 0.15) is 11.2 Å². The van der Waals surface area contributed by atoms with E-state index in [0.717, 1.165) is 55.3 Å². The van der Waals surface area contributed by atoms with Crippen molar-refractivity contribution < 1.29 is 4.42 Å². The van der Waals surface area contributed by atoms with E-state index < -0.39 is 0 Å². The molecule has 0 bridgehead atoms. The summed E-state index contributed by atoms with van der Waals surface area (Å²) in [6.45, 7) is 0. The van der Waals surface area contributed by atoms with Crippen LogP contribution < -0.4 is 0 Å². The molecule has 9 aromatic carbocycles. The van der Waals surface area contributed by atoms with Crippen LogP contribution in [0.5, 0.6) is 0 Å². The molecule has 0 radical (unpaired) electrons. The topological polar surface area (TPSA) is 43.9 Å². The third kappa shape index (κ3) is 4.43. The molecule has 0 spiro atoms. The minimum Gasteiger partial charge on any atom is -0.456 e. The van der Waals surface area contributed by atoms with Crippen molar-refractivity contribution in [2.75, 3.05) is 0 Å². The first-order valence-corrected chi connectivity index (χ1v) is 20.0. The first kappa shape index (κ1) is 30.9. The largest absolute Gasteiger partial charge is 0.456 e. The van der Waals surface area contributed by atoms with Crippen LogP contribution in [0.25, 0.3) is 125 Å². The number of nitrogens with zero attached hydrogens (tertiary/aromatic N) is 3. The summed E-state index contributed by atoms with van der Waals surface area (Å²) in [7, 11) is 0. The summed E-state index contributed by atoms with van der Waals surface area (Å²) < 4.78 is 11.2. The summed E-state index contributed by atoms with van der Waals surface area (Å²) in [4.78, 5) is 10.8. The van der Waals surface area contributed by atoms with Crippen molar-refractivity contribution in [2.45, 2.75) is 0 Å². The molecule has 4 aromatic heterocycles. The lowest BCUT2D eigenvalue weighted by Gasteiger charge is -2.14. The molecule has 264 valence electrons. The van der Waals surface area contributed by atoms with Crippen LogP contribution in [0.2, 0.25) is 0 Å². The molecule has 0 N–H and O–H groups in total. The molecule has 57 heavy (non-hydrogen) atoms. The Hall–Kier alpha value is -7.34. The molecule has 0 amide bonds. The van der Waals surface area contributed by atoms with Gasteiger partial charge in [-0.3, -0.25) is 0 Å². The van der Waals surface area contributed by atoms with Crippen LogP contribution in [0.1, 0.15) is 0 Å². The summed E-state index contributed by atoms with van der Waals surface area (Å²) in [5, 5.41) is 13.1. The zero-order valence-electron chi connectivity index (χ0n) is 30.4. The molecular formula is C52H29N3OS. The van der Waals surface area contributed by atoms with Crippen LogP contribution in [0.3, 0.4) is 0 Å². The highest BCUT2D eigenvalue weighted by atomic mass is 32.1. The molecule has 0 fully saturated rings. The van der Waals surface area contributed by atoms with Crippen LogP contribution >= 0.6 is 11.3 Å². The normalized spacial score (nSPS) is 12.2. The average molecular weight is 744 g/mol. The third-order valence-corrected chi connectivity index (χ3v) is 13.0. The standard InChI is InChI=1S/C52H29N3OS/c1-3-13-34-30(11-1)22-25-43-48(34)49-35-14-4-2-12-31(35)23-26-44(49)55(43)33-28-40-38-16-7-10-20-47(38)57-51(40)41(29-33)52-53-42-18-8-5-17-39(42)50(54-52)32-21-24-37-36-15-6-9-19-45(36)56-46(37)27-32/h1-29H. The first-order valence-electron chi connectivity index (χ1n) is 19.2. The smallest absolute Gasteiger partial charge is 0.161 e. The molecule has 4 heterocycles. The van der Waals surface area contributed by atoms with Gasteiger partial charge in [0.15, 0.2) is 5.82 Å². The van der Waals surface area contributed by atoms with Crippen molar-refractivity contribution in [3.05, 3.63) is 176 Å². The maximum absolute atomic E-state index is 6.37. The number of fused-ring (bicyclic) bond motifs is 14. The van der Waals surface area contributed by atoms with E-state index in [0.29, 0.717) is 5.82 Å². The summed E-state index contributed by atoms with van der Waals surface area (Å²) >= 11 is 1.81. The zero-order chi connectivity index (χ0) is 37.2. The lowest BCUT2D eigenvalue weighted by Crippen LogP contribution is -1.98. The molecule has 0 aliphatic heterocycles. The van der Waals surface area contributed by atoms with E-state index in [4.69, 9.17) is 14.4 Å². The minimum absolute atomic E-state index is 0.698. The van der Waals surface area contributed by atoms with E-state index in [1.165, 1.54) is 63.5 Å². The quantitative estimate of drug-likeness (QED) is 0.181. The molecule has 0 saturated heterocycles. The molecule has 0 aliphatic rings. The van der Waals surface area contributed by atoms with Crippen molar-refractivity contribution in [3.8, 4) is 28.3 Å². The van der Waals surface area contributed by atoms with E-state index in [2.05, 4.69) is 168 Å². The SMILES string of the molecule is c1ccc2c(c1)ccc1c2c2c3ccccc3ccc2n1-c1cc(-c2nc(-c3ccc4c(c3)oc3ccccc34)c3ccccc3n2)c2sc3ccccc3c2c1. The van der Waals surface area contributed by atoms with Gasteiger partial charge in [0, 0.05) is 63.9 Å². The highest BCUT2D eigenvalue weighted by Crippen LogP contribution is 2.45. The predicted molar refractivity (Wildman–Crippen MR) is 240 cm³/mol. The van der Waals surface area contributed by atoms with Crippen molar-refractivity contribution >= 4 is 108 Å². The maximum atomic E-state index is 6.37. The number of hydrogen-bond acceptors (Lipinski definition) is 4. The number of para-hydroxylation sites is 2. The van der Waals surface area contributed by atoms with E-state index >= 15 is 0 Å². The van der Waals surface area contributed by atoms with E-state index in [1.807, 2.05) is 23.5 Å². The second-order valence-corrected chi connectivity index (χ2v) is 15.9. The molecule has 5 heteroatoms. The number of hydrogen-bond donors (Lipinski definition) is 0. The summed E-state index contributed by atoms with van der Waals surface area (Å²) in [6.07, 6.45) is 0. The number of benzene rings is 9. The zero-order valence-corrected chi connectivity index (χ0v) is 31.2. The predicted octanol–water partition coefficient (Wildman–Crippen LogP) is 14.6. The summed E-state index contributed by atoms with van der Waals surface area (Å²) in [5.41, 5.74) is 8.93. The van der Waals surface area contributed by atoms with Gasteiger partial charge in [0.25, 0.3) is 0 Å². The van der Waals surface area contributed by atoms with Gasteiger partial charge in [-0.15, -0.1) is 11.3 Å². The monoisotopic (exact) mass is 743 g/mol. The third-order valence-electron chi connectivity index (χ3n) is 11.8. The number of rotatable bonds is 3. The van der Waals surface area contributed by atoms with E-state index in [1.54, 1.807) is 0 Å². The molecule has 0 saturated carbocycles. The van der Waals surface area contributed by atoms with Crippen LogP contribution in [0, 0.1) is 0 Å². The first-order chi connectivity index (χ1) is 28.2. The summed E-state index contributed by atoms with van der Waals surface area (Å²) in [5.74, 6) is 0.698. The number of aromatic nitrogens is 3. The fourth-order valence-electron chi connectivity index (χ4n) is 9.22. The van der Waals surface area contributed by atoms with Crippen LogP contribution in [0.15, 0.2) is 180 Å². The van der Waals surface area contributed by atoms with Gasteiger partial charge in [0.05, 0.1) is 22.2 Å². The van der Waals surface area contributed by atoms with Crippen molar-refractivity contribution in [2.24, 2.45) is 0 Å². The molecule has 0 aliphatic carbocycles. The Morgan fingerprint density at radius 2 is 1.09 bits per heavy atom. The average Bonchev–Trinajstić information content (AvgIpc) is 3.95. The van der Waals surface area contributed by atoms with Gasteiger partial charge < -0.3 is 8.98 Å². The van der Waals surface area contributed by atoms with Crippen LogP contribution in [-0.4, -0.2) is 14.5 Å². The fourth-order valence-corrected chi connectivity index (χ4v) is 10.4. The Balaban J connectivity index is 1.13. The van der Waals surface area contributed by atoms with Crippen LogP contribution in [0.4, 0.5) is 0 Å². The van der Waals surface area contributed by atoms with Crippen LogP contribution in [-0.2, 0) is 0 Å². The Kier molecular flexibility index (Phi) is 6.29. The minimum atomic E-state index is 0.698. The lowest BCUT2D eigenvalue weighted by atomic mass is 10.00. The Bertz CT molecular complexity index is 3740. The van der Waals surface area contributed by atoms with Gasteiger partial charge in [0.2, 0.25) is 0 Å². The van der Waals surface area contributed by atoms with Gasteiger partial charge >= 0.3 is 0 Å².